The van der Waals surface area contributed by atoms with Crippen molar-refractivity contribution in [1.29, 1.82) is 0 Å². The summed E-state index contributed by atoms with van der Waals surface area (Å²) in [4.78, 5) is 26.1. The van der Waals surface area contributed by atoms with E-state index in [2.05, 4.69) is 18.7 Å². The van der Waals surface area contributed by atoms with Crippen molar-refractivity contribution < 1.29 is 14.7 Å². The maximum atomic E-state index is 13.2. The van der Waals surface area contributed by atoms with Crippen molar-refractivity contribution in [3.05, 3.63) is 0 Å². The molecule has 0 aromatic heterocycles. The van der Waals surface area contributed by atoms with Crippen LogP contribution in [0.2, 0.25) is 0 Å². The highest BCUT2D eigenvalue weighted by molar-refractivity contribution is 5.76. The molecule has 0 unspecified atom stereocenters. The van der Waals surface area contributed by atoms with Crippen molar-refractivity contribution in [2.24, 2.45) is 0 Å². The number of hydrogen-bond donors (Lipinski definition) is 1. The van der Waals surface area contributed by atoms with Crippen molar-refractivity contribution in [2.75, 3.05) is 13.1 Å². The molecule has 0 saturated carbocycles. The van der Waals surface area contributed by atoms with Crippen LogP contribution in [0, 0.1) is 0 Å². The Balaban J connectivity index is 4.02. The van der Waals surface area contributed by atoms with Gasteiger partial charge in [-0.3, -0.25) is 9.59 Å². The zero-order chi connectivity index (χ0) is 36.4. The highest BCUT2D eigenvalue weighted by atomic mass is 16.4. The molecule has 0 aromatic rings. The second kappa shape index (κ2) is 42.4. The summed E-state index contributed by atoms with van der Waals surface area (Å²) < 4.78 is 0. The first-order chi connectivity index (χ1) is 24.6. The lowest BCUT2D eigenvalue weighted by Gasteiger charge is -2.23. The van der Waals surface area contributed by atoms with Gasteiger partial charge in [0.05, 0.1) is 0 Å². The molecule has 0 aliphatic carbocycles. The van der Waals surface area contributed by atoms with E-state index in [0.717, 1.165) is 64.5 Å². The zero-order valence-corrected chi connectivity index (χ0v) is 34.4. The molecule has 298 valence electrons. The topological polar surface area (TPSA) is 57.6 Å². The van der Waals surface area contributed by atoms with Gasteiger partial charge in [-0.15, -0.1) is 0 Å². The summed E-state index contributed by atoms with van der Waals surface area (Å²) in [7, 11) is 0. The largest absolute Gasteiger partial charge is 0.481 e. The van der Waals surface area contributed by atoms with E-state index in [0.29, 0.717) is 12.3 Å². The number of carbonyl (C=O) groups is 2. The predicted octanol–water partition coefficient (Wildman–Crippen LogP) is 15.5. The van der Waals surface area contributed by atoms with Gasteiger partial charge in [0.15, 0.2) is 0 Å². The summed E-state index contributed by atoms with van der Waals surface area (Å²) >= 11 is 0. The molecule has 0 heterocycles. The lowest BCUT2D eigenvalue weighted by Crippen LogP contribution is -2.32. The first kappa shape index (κ1) is 48.9. The third-order valence-electron chi connectivity index (χ3n) is 10.9. The van der Waals surface area contributed by atoms with Gasteiger partial charge in [0, 0.05) is 25.9 Å². The van der Waals surface area contributed by atoms with Crippen LogP contribution in [-0.2, 0) is 9.59 Å². The van der Waals surface area contributed by atoms with Gasteiger partial charge in [-0.25, -0.2) is 0 Å². The first-order valence-corrected chi connectivity index (χ1v) is 23.1. The minimum atomic E-state index is -0.690. The van der Waals surface area contributed by atoms with Gasteiger partial charge in [0.2, 0.25) is 5.91 Å². The quantitative estimate of drug-likeness (QED) is 0.0643. The number of hydrogen-bond acceptors (Lipinski definition) is 2. The maximum Gasteiger partial charge on any atom is 0.303 e. The van der Waals surface area contributed by atoms with E-state index in [9.17, 15) is 9.59 Å². The first-order valence-electron chi connectivity index (χ1n) is 23.1. The number of nitrogens with zero attached hydrogens (tertiary/aromatic N) is 1. The Labute approximate surface area is 314 Å². The van der Waals surface area contributed by atoms with Crippen LogP contribution in [0.25, 0.3) is 0 Å². The Morgan fingerprint density at radius 3 is 0.800 bits per heavy atom. The molecule has 0 saturated heterocycles. The Morgan fingerprint density at radius 2 is 0.540 bits per heavy atom. The van der Waals surface area contributed by atoms with Crippen molar-refractivity contribution >= 4 is 11.9 Å². The molecule has 0 aliphatic rings. The minimum absolute atomic E-state index is 0.284. The fourth-order valence-electron chi connectivity index (χ4n) is 7.48. The van der Waals surface area contributed by atoms with E-state index in [1.54, 1.807) is 0 Å². The smallest absolute Gasteiger partial charge is 0.303 e. The number of amides is 1. The normalized spacial score (nSPS) is 11.4. The standard InChI is InChI=1S/C46H91NO3/c1-3-5-7-9-11-13-15-17-19-21-23-25-27-31-35-39-43-47(45(48)41-37-33-29-30-34-38-42-46(49)50)44-40-36-32-28-26-24-22-20-18-16-14-12-10-8-6-4-2/h3-44H2,1-2H3,(H,49,50). The van der Waals surface area contributed by atoms with Crippen molar-refractivity contribution in [2.45, 2.75) is 271 Å². The molecule has 0 spiro atoms. The molecule has 0 aliphatic heterocycles. The average Bonchev–Trinajstić information content (AvgIpc) is 3.11. The SMILES string of the molecule is CCCCCCCCCCCCCCCCCCN(CCCCCCCCCCCCCCCCCC)C(=O)CCCCCCCCC(=O)O. The summed E-state index contributed by atoms with van der Waals surface area (Å²) in [5, 5.41) is 8.80. The maximum absolute atomic E-state index is 13.2. The summed E-state index contributed by atoms with van der Waals surface area (Å²) in [6.07, 6.45) is 51.3. The average molecular weight is 706 g/mol. The van der Waals surface area contributed by atoms with Gasteiger partial charge in [0.1, 0.15) is 0 Å². The van der Waals surface area contributed by atoms with E-state index in [4.69, 9.17) is 5.11 Å². The van der Waals surface area contributed by atoms with Crippen molar-refractivity contribution in [3.8, 4) is 0 Å². The predicted molar refractivity (Wildman–Crippen MR) is 220 cm³/mol. The number of unbranched alkanes of at least 4 members (excludes halogenated alkanes) is 35. The molecule has 0 rings (SSSR count). The van der Waals surface area contributed by atoms with E-state index in [1.165, 1.54) is 193 Å². The van der Waals surface area contributed by atoms with Gasteiger partial charge in [-0.05, 0) is 25.7 Å². The Hall–Kier alpha value is -1.06. The molecule has 0 atom stereocenters. The number of carboxylic acid groups (broad SMARTS) is 1. The molecule has 1 amide bonds. The fourth-order valence-corrected chi connectivity index (χ4v) is 7.48. The number of aliphatic carboxylic acids is 1. The second-order valence-electron chi connectivity index (χ2n) is 16.0. The van der Waals surface area contributed by atoms with E-state index >= 15 is 0 Å². The van der Waals surface area contributed by atoms with Gasteiger partial charge < -0.3 is 10.0 Å². The van der Waals surface area contributed by atoms with Crippen LogP contribution in [-0.4, -0.2) is 35.0 Å². The molecule has 4 nitrogen and oxygen atoms in total. The fraction of sp³-hybridized carbons (Fsp3) is 0.957. The molecular weight excluding hydrogens is 615 g/mol. The summed E-state index contributed by atoms with van der Waals surface area (Å²) in [5.74, 6) is -0.317. The van der Waals surface area contributed by atoms with E-state index in [-0.39, 0.29) is 6.42 Å². The molecule has 0 bridgehead atoms. The highest BCUT2D eigenvalue weighted by Crippen LogP contribution is 2.17. The number of carbonyl (C=O) groups excluding carboxylic acids is 1. The number of carboxylic acids is 1. The number of rotatable bonds is 43. The second-order valence-corrected chi connectivity index (χ2v) is 16.0. The van der Waals surface area contributed by atoms with Gasteiger partial charge in [-0.2, -0.15) is 0 Å². The molecular formula is C46H91NO3. The molecule has 4 heteroatoms. The molecule has 1 N–H and O–H groups in total. The van der Waals surface area contributed by atoms with Crippen LogP contribution in [0.1, 0.15) is 271 Å². The van der Waals surface area contributed by atoms with Gasteiger partial charge in [0.25, 0.3) is 0 Å². The molecule has 0 radical (unpaired) electrons. The molecule has 50 heavy (non-hydrogen) atoms. The summed E-state index contributed by atoms with van der Waals surface area (Å²) in [5.41, 5.74) is 0. The van der Waals surface area contributed by atoms with Crippen LogP contribution in [0.5, 0.6) is 0 Å². The third-order valence-corrected chi connectivity index (χ3v) is 10.9. The molecule has 0 fully saturated rings. The molecule has 0 aromatic carbocycles. The van der Waals surface area contributed by atoms with Gasteiger partial charge in [-0.1, -0.05) is 232 Å². The Kier molecular flexibility index (Phi) is 41.5. The lowest BCUT2D eigenvalue weighted by molar-refractivity contribution is -0.137. The van der Waals surface area contributed by atoms with E-state index < -0.39 is 5.97 Å². The lowest BCUT2D eigenvalue weighted by atomic mass is 10.0. The zero-order valence-electron chi connectivity index (χ0n) is 34.4. The monoisotopic (exact) mass is 706 g/mol. The van der Waals surface area contributed by atoms with Gasteiger partial charge >= 0.3 is 5.97 Å². The Bertz CT molecular complexity index is 644. The summed E-state index contributed by atoms with van der Waals surface area (Å²) in [6, 6.07) is 0. The minimum Gasteiger partial charge on any atom is -0.481 e. The van der Waals surface area contributed by atoms with Crippen LogP contribution in [0.3, 0.4) is 0 Å². The third kappa shape index (κ3) is 39.7. The Morgan fingerprint density at radius 1 is 0.320 bits per heavy atom. The van der Waals surface area contributed by atoms with Crippen molar-refractivity contribution in [1.82, 2.24) is 4.90 Å². The highest BCUT2D eigenvalue weighted by Gasteiger charge is 2.12. The summed E-state index contributed by atoms with van der Waals surface area (Å²) in [6.45, 7) is 6.49. The van der Waals surface area contributed by atoms with E-state index in [1.807, 2.05) is 0 Å². The van der Waals surface area contributed by atoms with Crippen LogP contribution < -0.4 is 0 Å². The van der Waals surface area contributed by atoms with Crippen LogP contribution in [0.4, 0.5) is 0 Å². The van der Waals surface area contributed by atoms with Crippen LogP contribution >= 0.6 is 0 Å². The van der Waals surface area contributed by atoms with Crippen molar-refractivity contribution in [3.63, 3.8) is 0 Å². The van der Waals surface area contributed by atoms with Crippen LogP contribution in [0.15, 0.2) is 0 Å².